The number of halogens is 2. The average molecular weight is 333 g/mol. The Morgan fingerprint density at radius 1 is 0.840 bits per heavy atom. The summed E-state index contributed by atoms with van der Waals surface area (Å²) in [6.07, 6.45) is 1.72. The maximum atomic E-state index is 14.2. The first-order chi connectivity index (χ1) is 12.1. The van der Waals surface area contributed by atoms with E-state index >= 15 is 0 Å². The fraction of sp³-hybridized carbons (Fsp3) is 0.0500. The molecule has 0 N–H and O–H groups in total. The molecule has 4 aromatic rings. The summed E-state index contributed by atoms with van der Waals surface area (Å²) in [5.74, 6) is -1.36. The molecule has 4 rings (SSSR count). The molecule has 2 aromatic carbocycles. The van der Waals surface area contributed by atoms with Crippen LogP contribution in [-0.2, 0) is 0 Å². The minimum Gasteiger partial charge on any atom is -0.244 e. The molecule has 0 aliphatic heterocycles. The largest absolute Gasteiger partial charge is 0.244 e. The molecule has 5 heteroatoms. The van der Waals surface area contributed by atoms with Crippen molar-refractivity contribution in [2.75, 3.05) is 0 Å². The predicted molar refractivity (Wildman–Crippen MR) is 92.9 cm³/mol. The molecule has 3 nitrogen and oxygen atoms in total. The predicted octanol–water partition coefficient (Wildman–Crippen LogP) is 4.95. The number of nitrogens with zero attached hydrogens (tertiary/aromatic N) is 3. The van der Waals surface area contributed by atoms with Gasteiger partial charge in [0.1, 0.15) is 5.69 Å². The van der Waals surface area contributed by atoms with E-state index in [0.29, 0.717) is 17.2 Å². The van der Waals surface area contributed by atoms with E-state index in [2.05, 4.69) is 15.0 Å². The summed E-state index contributed by atoms with van der Waals surface area (Å²) in [6.45, 7) is 1.80. The Morgan fingerprint density at radius 2 is 1.68 bits per heavy atom. The second kappa shape index (κ2) is 6.02. The van der Waals surface area contributed by atoms with Crippen LogP contribution in [-0.4, -0.2) is 15.0 Å². The zero-order valence-corrected chi connectivity index (χ0v) is 13.4. The summed E-state index contributed by atoms with van der Waals surface area (Å²) in [4.78, 5) is 13.3. The van der Waals surface area contributed by atoms with E-state index in [0.717, 1.165) is 22.5 Å². The molecule has 122 valence electrons. The zero-order valence-electron chi connectivity index (χ0n) is 13.4. The van der Waals surface area contributed by atoms with Crippen LogP contribution in [0.3, 0.4) is 0 Å². The lowest BCUT2D eigenvalue weighted by Crippen LogP contribution is -1.98. The van der Waals surface area contributed by atoms with E-state index in [1.165, 1.54) is 12.1 Å². The zero-order chi connectivity index (χ0) is 17.4. The molecule has 0 unspecified atom stereocenters. The summed E-state index contributed by atoms with van der Waals surface area (Å²) >= 11 is 0. The highest BCUT2D eigenvalue weighted by Gasteiger charge is 2.15. The van der Waals surface area contributed by atoms with Crippen LogP contribution in [0.15, 0.2) is 60.8 Å². The van der Waals surface area contributed by atoms with Gasteiger partial charge in [-0.1, -0.05) is 30.3 Å². The quantitative estimate of drug-likeness (QED) is 0.521. The van der Waals surface area contributed by atoms with Crippen molar-refractivity contribution in [2.45, 2.75) is 6.92 Å². The number of fused-ring (bicyclic) bond motifs is 1. The van der Waals surface area contributed by atoms with Crippen molar-refractivity contribution in [3.63, 3.8) is 0 Å². The lowest BCUT2D eigenvalue weighted by molar-refractivity contribution is 0.511. The van der Waals surface area contributed by atoms with E-state index in [1.54, 1.807) is 25.3 Å². The fourth-order valence-corrected chi connectivity index (χ4v) is 2.71. The summed E-state index contributed by atoms with van der Waals surface area (Å²) in [7, 11) is 0. The maximum Gasteiger partial charge on any atom is 0.178 e. The summed E-state index contributed by atoms with van der Waals surface area (Å²) in [5, 5.41) is 0.926. The number of hydrogen-bond donors (Lipinski definition) is 0. The highest BCUT2D eigenvalue weighted by molar-refractivity contribution is 5.79. The summed E-state index contributed by atoms with van der Waals surface area (Å²) in [5.41, 5.74) is 2.56. The Morgan fingerprint density at radius 3 is 2.56 bits per heavy atom. The van der Waals surface area contributed by atoms with Gasteiger partial charge < -0.3 is 0 Å². The van der Waals surface area contributed by atoms with Gasteiger partial charge in [0.05, 0.1) is 11.2 Å². The van der Waals surface area contributed by atoms with Crippen LogP contribution in [0.25, 0.3) is 33.7 Å². The third-order valence-corrected chi connectivity index (χ3v) is 4.02. The van der Waals surface area contributed by atoms with Gasteiger partial charge in [-0.3, -0.25) is 0 Å². The van der Waals surface area contributed by atoms with Crippen LogP contribution < -0.4 is 0 Å². The third kappa shape index (κ3) is 2.74. The number of benzene rings is 2. The van der Waals surface area contributed by atoms with Crippen molar-refractivity contribution in [2.24, 2.45) is 0 Å². The second-order valence-electron chi connectivity index (χ2n) is 5.72. The minimum absolute atomic E-state index is 0.125. The molecule has 0 atom stereocenters. The standard InChI is InChI=1S/C20H13F2N3/c1-12-9-10-17(20-23-11-13-5-2-3-8-16(13)25-20)24-19(12)14-6-4-7-15(21)18(14)22/h2-11H,1H3. The van der Waals surface area contributed by atoms with E-state index < -0.39 is 11.6 Å². The molecule has 2 heterocycles. The molecular weight excluding hydrogens is 320 g/mol. The molecule has 0 radical (unpaired) electrons. The normalized spacial score (nSPS) is 11.0. The third-order valence-electron chi connectivity index (χ3n) is 4.02. The SMILES string of the molecule is Cc1ccc(-c2ncc3ccccc3n2)nc1-c1cccc(F)c1F. The maximum absolute atomic E-state index is 14.2. The number of aromatic nitrogens is 3. The van der Waals surface area contributed by atoms with Gasteiger partial charge in [0, 0.05) is 17.1 Å². The molecule has 0 fully saturated rings. The van der Waals surface area contributed by atoms with Crippen molar-refractivity contribution in [3.05, 3.63) is 78.0 Å². The molecule has 2 aromatic heterocycles. The highest BCUT2D eigenvalue weighted by Crippen LogP contribution is 2.28. The molecule has 0 aliphatic carbocycles. The molecule has 0 bridgehead atoms. The molecule has 0 aliphatic rings. The van der Waals surface area contributed by atoms with Gasteiger partial charge >= 0.3 is 0 Å². The second-order valence-corrected chi connectivity index (χ2v) is 5.72. The molecule has 0 spiro atoms. The van der Waals surface area contributed by atoms with E-state index in [4.69, 9.17) is 0 Å². The van der Waals surface area contributed by atoms with Crippen LogP contribution in [0.1, 0.15) is 5.56 Å². The van der Waals surface area contributed by atoms with Crippen LogP contribution in [0.5, 0.6) is 0 Å². The van der Waals surface area contributed by atoms with E-state index in [-0.39, 0.29) is 5.56 Å². The van der Waals surface area contributed by atoms with Crippen molar-refractivity contribution < 1.29 is 8.78 Å². The van der Waals surface area contributed by atoms with E-state index in [1.807, 2.05) is 24.3 Å². The number of hydrogen-bond acceptors (Lipinski definition) is 3. The first-order valence-corrected chi connectivity index (χ1v) is 7.77. The van der Waals surface area contributed by atoms with Gasteiger partial charge in [0.2, 0.25) is 0 Å². The number of para-hydroxylation sites is 1. The topological polar surface area (TPSA) is 38.7 Å². The van der Waals surface area contributed by atoms with Gasteiger partial charge in [-0.25, -0.2) is 23.7 Å². The van der Waals surface area contributed by atoms with Gasteiger partial charge in [-0.2, -0.15) is 0 Å². The van der Waals surface area contributed by atoms with Crippen LogP contribution in [0, 0.1) is 18.6 Å². The lowest BCUT2D eigenvalue weighted by Gasteiger charge is -2.09. The molecule has 25 heavy (non-hydrogen) atoms. The van der Waals surface area contributed by atoms with Crippen molar-refractivity contribution in [1.29, 1.82) is 0 Å². The highest BCUT2D eigenvalue weighted by atomic mass is 19.2. The molecule has 0 saturated heterocycles. The molecular formula is C20H13F2N3. The minimum atomic E-state index is -0.908. The molecule has 0 amide bonds. The average Bonchev–Trinajstić information content (AvgIpc) is 2.64. The Hall–Kier alpha value is -3.21. The van der Waals surface area contributed by atoms with Crippen LogP contribution in [0.2, 0.25) is 0 Å². The van der Waals surface area contributed by atoms with Gasteiger partial charge in [-0.05, 0) is 36.8 Å². The van der Waals surface area contributed by atoms with Crippen LogP contribution in [0.4, 0.5) is 8.78 Å². The van der Waals surface area contributed by atoms with Gasteiger partial charge in [-0.15, -0.1) is 0 Å². The van der Waals surface area contributed by atoms with Crippen molar-refractivity contribution in [3.8, 4) is 22.8 Å². The van der Waals surface area contributed by atoms with Crippen molar-refractivity contribution >= 4 is 10.9 Å². The lowest BCUT2D eigenvalue weighted by atomic mass is 10.1. The molecule has 0 saturated carbocycles. The number of pyridine rings is 1. The Kier molecular flexibility index (Phi) is 3.69. The Balaban J connectivity index is 1.87. The number of aryl methyl sites for hydroxylation is 1. The summed E-state index contributed by atoms with van der Waals surface area (Å²) in [6, 6.07) is 15.3. The Bertz CT molecular complexity index is 1090. The van der Waals surface area contributed by atoms with Crippen LogP contribution >= 0.6 is 0 Å². The first kappa shape index (κ1) is 15.3. The smallest absolute Gasteiger partial charge is 0.178 e. The van der Waals surface area contributed by atoms with Crippen molar-refractivity contribution in [1.82, 2.24) is 15.0 Å². The Labute approximate surface area is 143 Å². The van der Waals surface area contributed by atoms with Gasteiger partial charge in [0.15, 0.2) is 17.5 Å². The summed E-state index contributed by atoms with van der Waals surface area (Å²) < 4.78 is 27.7. The van der Waals surface area contributed by atoms with Gasteiger partial charge in [0.25, 0.3) is 0 Å². The first-order valence-electron chi connectivity index (χ1n) is 7.77. The van der Waals surface area contributed by atoms with E-state index in [9.17, 15) is 8.78 Å². The number of rotatable bonds is 2. The monoisotopic (exact) mass is 333 g/mol. The fourth-order valence-electron chi connectivity index (χ4n) is 2.71.